The number of amides is 1. The van der Waals surface area contributed by atoms with Crippen LogP contribution in [0.4, 0.5) is 0 Å². The standard InChI is InChI=1S/C16H21NO4/c1-4-10-21-11-8-16(18)17-9-7-13-5-6-14(19-2)15(12-13)20-3/h1,5-6,12H,7-11H2,2-3H3,(H,17,18). The molecule has 0 saturated heterocycles. The Bertz CT molecular complexity index is 494. The van der Waals surface area contributed by atoms with Crippen LogP contribution < -0.4 is 14.8 Å². The third-order valence-corrected chi connectivity index (χ3v) is 2.84. The van der Waals surface area contributed by atoms with Gasteiger partial charge in [-0.05, 0) is 24.1 Å². The van der Waals surface area contributed by atoms with E-state index in [-0.39, 0.29) is 12.5 Å². The van der Waals surface area contributed by atoms with Crippen LogP contribution in [0.1, 0.15) is 12.0 Å². The summed E-state index contributed by atoms with van der Waals surface area (Å²) in [4.78, 5) is 11.5. The maximum atomic E-state index is 11.5. The Morgan fingerprint density at radius 2 is 2.05 bits per heavy atom. The van der Waals surface area contributed by atoms with Crippen molar-refractivity contribution in [2.24, 2.45) is 0 Å². The van der Waals surface area contributed by atoms with E-state index in [0.717, 1.165) is 12.0 Å². The molecule has 0 radical (unpaired) electrons. The van der Waals surface area contributed by atoms with E-state index in [2.05, 4.69) is 11.2 Å². The van der Waals surface area contributed by atoms with Crippen molar-refractivity contribution in [3.05, 3.63) is 23.8 Å². The lowest BCUT2D eigenvalue weighted by Crippen LogP contribution is -2.26. The van der Waals surface area contributed by atoms with Gasteiger partial charge in [0.15, 0.2) is 11.5 Å². The van der Waals surface area contributed by atoms with Crippen LogP contribution >= 0.6 is 0 Å². The molecule has 1 aromatic rings. The number of carbonyl (C=O) groups is 1. The van der Waals surface area contributed by atoms with Gasteiger partial charge >= 0.3 is 0 Å². The van der Waals surface area contributed by atoms with Crippen molar-refractivity contribution in [1.82, 2.24) is 5.32 Å². The van der Waals surface area contributed by atoms with E-state index >= 15 is 0 Å². The summed E-state index contributed by atoms with van der Waals surface area (Å²) in [5, 5.41) is 2.83. The average molecular weight is 291 g/mol. The number of nitrogens with one attached hydrogen (secondary N) is 1. The Labute approximate surface area is 125 Å². The van der Waals surface area contributed by atoms with Crippen LogP contribution in [0, 0.1) is 12.3 Å². The second-order valence-electron chi connectivity index (χ2n) is 4.30. The SMILES string of the molecule is C#CCOCCC(=O)NCCc1ccc(OC)c(OC)c1. The van der Waals surface area contributed by atoms with Gasteiger partial charge in [0.25, 0.3) is 0 Å². The van der Waals surface area contributed by atoms with Crippen molar-refractivity contribution in [3.8, 4) is 23.8 Å². The molecule has 21 heavy (non-hydrogen) atoms. The largest absolute Gasteiger partial charge is 0.493 e. The van der Waals surface area contributed by atoms with Crippen molar-refractivity contribution in [1.29, 1.82) is 0 Å². The van der Waals surface area contributed by atoms with Gasteiger partial charge in [-0.3, -0.25) is 4.79 Å². The molecule has 0 aliphatic rings. The summed E-state index contributed by atoms with van der Waals surface area (Å²) in [6.07, 6.45) is 6.07. The molecular formula is C16H21NO4. The maximum Gasteiger partial charge on any atom is 0.222 e. The van der Waals surface area contributed by atoms with Crippen molar-refractivity contribution in [2.45, 2.75) is 12.8 Å². The van der Waals surface area contributed by atoms with Gasteiger partial charge in [-0.15, -0.1) is 6.42 Å². The Morgan fingerprint density at radius 1 is 1.29 bits per heavy atom. The smallest absolute Gasteiger partial charge is 0.222 e. The molecule has 5 nitrogen and oxygen atoms in total. The summed E-state index contributed by atoms with van der Waals surface area (Å²) < 4.78 is 15.5. The zero-order chi connectivity index (χ0) is 15.5. The van der Waals surface area contributed by atoms with Crippen molar-refractivity contribution in [2.75, 3.05) is 34.0 Å². The molecule has 1 N–H and O–H groups in total. The molecule has 1 rings (SSSR count). The first-order valence-electron chi connectivity index (χ1n) is 6.70. The van der Waals surface area contributed by atoms with E-state index in [0.29, 0.717) is 31.1 Å². The van der Waals surface area contributed by atoms with Gasteiger partial charge in [-0.25, -0.2) is 0 Å². The first-order valence-corrected chi connectivity index (χ1v) is 6.70. The Kier molecular flexibility index (Phi) is 7.77. The lowest BCUT2D eigenvalue weighted by molar-refractivity contribution is -0.122. The molecule has 0 spiro atoms. The fourth-order valence-electron chi connectivity index (χ4n) is 1.77. The number of ether oxygens (including phenoxy) is 3. The van der Waals surface area contributed by atoms with Gasteiger partial charge in [0, 0.05) is 6.54 Å². The molecule has 0 fully saturated rings. The molecule has 0 aromatic heterocycles. The number of methoxy groups -OCH3 is 2. The van der Waals surface area contributed by atoms with E-state index in [1.54, 1.807) is 14.2 Å². The van der Waals surface area contributed by atoms with E-state index in [1.165, 1.54) is 0 Å². The highest BCUT2D eigenvalue weighted by atomic mass is 16.5. The van der Waals surface area contributed by atoms with E-state index in [1.807, 2.05) is 18.2 Å². The highest BCUT2D eigenvalue weighted by molar-refractivity contribution is 5.75. The first-order chi connectivity index (χ1) is 10.2. The van der Waals surface area contributed by atoms with Crippen LogP contribution in [0.15, 0.2) is 18.2 Å². The third-order valence-electron chi connectivity index (χ3n) is 2.84. The molecule has 1 amide bonds. The first kappa shape index (κ1) is 16.9. The summed E-state index contributed by atoms with van der Waals surface area (Å²) >= 11 is 0. The average Bonchev–Trinajstić information content (AvgIpc) is 2.51. The normalized spacial score (nSPS) is 9.76. The molecule has 114 valence electrons. The van der Waals surface area contributed by atoms with Gasteiger partial charge in [0.2, 0.25) is 5.91 Å². The zero-order valence-corrected chi connectivity index (χ0v) is 12.5. The fraction of sp³-hybridized carbons (Fsp3) is 0.438. The molecule has 5 heteroatoms. The second-order valence-corrected chi connectivity index (χ2v) is 4.30. The maximum absolute atomic E-state index is 11.5. The predicted octanol–water partition coefficient (Wildman–Crippen LogP) is 1.40. The van der Waals surface area contributed by atoms with Crippen molar-refractivity contribution in [3.63, 3.8) is 0 Å². The van der Waals surface area contributed by atoms with E-state index in [9.17, 15) is 4.79 Å². The summed E-state index contributed by atoms with van der Waals surface area (Å²) in [7, 11) is 3.19. The van der Waals surface area contributed by atoms with Crippen LogP contribution in [0.3, 0.4) is 0 Å². The van der Waals surface area contributed by atoms with Gasteiger partial charge in [0.1, 0.15) is 6.61 Å². The van der Waals surface area contributed by atoms with Gasteiger partial charge < -0.3 is 19.5 Å². The van der Waals surface area contributed by atoms with Crippen molar-refractivity contribution < 1.29 is 19.0 Å². The molecule has 0 bridgehead atoms. The molecule has 0 aliphatic carbocycles. The van der Waals surface area contributed by atoms with Gasteiger partial charge in [-0.2, -0.15) is 0 Å². The second kappa shape index (κ2) is 9.67. The molecule has 0 atom stereocenters. The van der Waals surface area contributed by atoms with E-state index < -0.39 is 0 Å². The lowest BCUT2D eigenvalue weighted by atomic mass is 10.1. The number of hydrogen-bond donors (Lipinski definition) is 1. The molecular weight excluding hydrogens is 270 g/mol. The molecule has 1 aromatic carbocycles. The van der Waals surface area contributed by atoms with Crippen LogP contribution in [0.5, 0.6) is 11.5 Å². The summed E-state index contributed by atoms with van der Waals surface area (Å²) in [5.41, 5.74) is 1.07. The summed E-state index contributed by atoms with van der Waals surface area (Å²) in [5.74, 6) is 3.68. The minimum absolute atomic E-state index is 0.0486. The quantitative estimate of drug-likeness (QED) is 0.552. The number of rotatable bonds is 9. The van der Waals surface area contributed by atoms with Crippen LogP contribution in [-0.4, -0.2) is 39.9 Å². The molecule has 0 heterocycles. The Hall–Kier alpha value is -2.19. The Balaban J connectivity index is 2.32. The topological polar surface area (TPSA) is 56.8 Å². The number of hydrogen-bond acceptors (Lipinski definition) is 4. The Morgan fingerprint density at radius 3 is 2.71 bits per heavy atom. The number of terminal acetylenes is 1. The fourth-order valence-corrected chi connectivity index (χ4v) is 1.77. The minimum Gasteiger partial charge on any atom is -0.493 e. The summed E-state index contributed by atoms with van der Waals surface area (Å²) in [6, 6.07) is 5.70. The number of benzene rings is 1. The van der Waals surface area contributed by atoms with Gasteiger partial charge in [-0.1, -0.05) is 12.0 Å². The predicted molar refractivity (Wildman–Crippen MR) is 80.5 cm³/mol. The molecule has 0 unspecified atom stereocenters. The zero-order valence-electron chi connectivity index (χ0n) is 12.5. The monoisotopic (exact) mass is 291 g/mol. The minimum atomic E-state index is -0.0486. The van der Waals surface area contributed by atoms with E-state index in [4.69, 9.17) is 20.6 Å². The van der Waals surface area contributed by atoms with Crippen molar-refractivity contribution >= 4 is 5.91 Å². The highest BCUT2D eigenvalue weighted by Gasteiger charge is 2.05. The van der Waals surface area contributed by atoms with Crippen LogP contribution in [-0.2, 0) is 16.0 Å². The molecule has 0 aliphatic heterocycles. The third kappa shape index (κ3) is 6.19. The van der Waals surface area contributed by atoms with Crippen LogP contribution in [0.25, 0.3) is 0 Å². The molecule has 0 saturated carbocycles. The van der Waals surface area contributed by atoms with Crippen LogP contribution in [0.2, 0.25) is 0 Å². The lowest BCUT2D eigenvalue weighted by Gasteiger charge is -2.10. The van der Waals surface area contributed by atoms with Gasteiger partial charge in [0.05, 0.1) is 27.2 Å². The summed E-state index contributed by atoms with van der Waals surface area (Å²) in [6.45, 7) is 1.13. The number of carbonyl (C=O) groups excluding carboxylic acids is 1. The highest BCUT2D eigenvalue weighted by Crippen LogP contribution is 2.27.